The molecule has 0 bridgehead atoms. The number of rotatable bonds is 7. The molecular weight excluding hydrogens is 452 g/mol. The van der Waals surface area contributed by atoms with Crippen LogP contribution < -0.4 is 10.2 Å². The van der Waals surface area contributed by atoms with Crippen molar-refractivity contribution in [1.29, 1.82) is 0 Å². The molecule has 0 radical (unpaired) electrons. The summed E-state index contributed by atoms with van der Waals surface area (Å²) in [6, 6.07) is 11.6. The number of thiazole rings is 1. The van der Waals surface area contributed by atoms with Gasteiger partial charge in [-0.3, -0.25) is 5.43 Å². The number of morpholine rings is 1. The minimum Gasteiger partial charge on any atom is -0.504 e. The maximum Gasteiger partial charge on any atom is 0.243 e. The Kier molecular flexibility index (Phi) is 6.70. The standard InChI is InChI=1S/C21H22N4O5S2/c1-29-20-12-15(2-7-19(20)26)13-22-24-21-23-18(14-31-21)16-3-5-17(6-4-16)32(27,28)25-8-10-30-11-9-25/h2-7,12-14,26H,8-11H2,1H3,(H,23,24)/b22-13+. The molecule has 1 saturated heterocycles. The Morgan fingerprint density at radius 1 is 1.22 bits per heavy atom. The van der Waals surface area contributed by atoms with Crippen LogP contribution in [0.1, 0.15) is 5.56 Å². The molecule has 3 aromatic rings. The molecule has 168 valence electrons. The molecule has 2 N–H and O–H groups in total. The van der Waals surface area contributed by atoms with Gasteiger partial charge in [-0.1, -0.05) is 12.1 Å². The fourth-order valence-electron chi connectivity index (χ4n) is 3.13. The van der Waals surface area contributed by atoms with Crippen LogP contribution >= 0.6 is 11.3 Å². The molecule has 11 heteroatoms. The Balaban J connectivity index is 1.42. The lowest BCUT2D eigenvalue weighted by Crippen LogP contribution is -2.40. The summed E-state index contributed by atoms with van der Waals surface area (Å²) in [6.07, 6.45) is 1.59. The number of aromatic hydroxyl groups is 1. The van der Waals surface area contributed by atoms with Crippen LogP contribution in [0, 0.1) is 0 Å². The van der Waals surface area contributed by atoms with Crippen LogP contribution in [0.2, 0.25) is 0 Å². The van der Waals surface area contributed by atoms with Crippen LogP contribution in [0.15, 0.2) is 57.8 Å². The first-order valence-corrected chi connectivity index (χ1v) is 12.1. The topological polar surface area (TPSA) is 113 Å². The van der Waals surface area contributed by atoms with E-state index in [0.717, 1.165) is 11.1 Å². The van der Waals surface area contributed by atoms with Crippen molar-refractivity contribution in [1.82, 2.24) is 9.29 Å². The molecule has 1 aliphatic rings. The highest BCUT2D eigenvalue weighted by Crippen LogP contribution is 2.28. The number of nitrogens with one attached hydrogen (secondary N) is 1. The maximum atomic E-state index is 12.7. The number of methoxy groups -OCH3 is 1. The van der Waals surface area contributed by atoms with Crippen molar-refractivity contribution in [3.05, 3.63) is 53.4 Å². The summed E-state index contributed by atoms with van der Waals surface area (Å²) in [5.41, 5.74) is 5.15. The largest absolute Gasteiger partial charge is 0.504 e. The Hall–Kier alpha value is -2.99. The molecule has 1 fully saturated rings. The molecular formula is C21H22N4O5S2. The van der Waals surface area contributed by atoms with Gasteiger partial charge in [0.2, 0.25) is 15.2 Å². The summed E-state index contributed by atoms with van der Waals surface area (Å²) in [7, 11) is -2.04. The molecule has 2 aromatic carbocycles. The lowest BCUT2D eigenvalue weighted by Gasteiger charge is -2.26. The number of aromatic nitrogens is 1. The molecule has 1 aliphatic heterocycles. The van der Waals surface area contributed by atoms with E-state index in [1.165, 1.54) is 28.8 Å². The van der Waals surface area contributed by atoms with E-state index in [9.17, 15) is 13.5 Å². The zero-order valence-corrected chi connectivity index (χ0v) is 18.9. The number of ether oxygens (including phenoxy) is 2. The van der Waals surface area contributed by atoms with Gasteiger partial charge in [-0.15, -0.1) is 11.3 Å². The Morgan fingerprint density at radius 3 is 2.69 bits per heavy atom. The first-order chi connectivity index (χ1) is 15.5. The number of hydrogen-bond acceptors (Lipinski definition) is 9. The van der Waals surface area contributed by atoms with Crippen LogP contribution in [0.25, 0.3) is 11.3 Å². The summed E-state index contributed by atoms with van der Waals surface area (Å²) in [5.74, 6) is 0.426. The molecule has 0 spiro atoms. The van der Waals surface area contributed by atoms with E-state index in [2.05, 4.69) is 15.5 Å². The number of hydrogen-bond donors (Lipinski definition) is 2. The highest BCUT2D eigenvalue weighted by molar-refractivity contribution is 7.89. The monoisotopic (exact) mass is 474 g/mol. The van der Waals surface area contributed by atoms with Crippen molar-refractivity contribution in [2.45, 2.75) is 4.90 Å². The van der Waals surface area contributed by atoms with Crippen molar-refractivity contribution in [2.75, 3.05) is 38.8 Å². The summed E-state index contributed by atoms with van der Waals surface area (Å²) in [4.78, 5) is 4.75. The van der Waals surface area contributed by atoms with E-state index in [-0.39, 0.29) is 10.6 Å². The molecule has 0 aliphatic carbocycles. The fraction of sp³-hybridized carbons (Fsp3) is 0.238. The minimum absolute atomic E-state index is 0.0611. The summed E-state index contributed by atoms with van der Waals surface area (Å²) < 4.78 is 37.2. The van der Waals surface area contributed by atoms with Crippen LogP contribution in [0.5, 0.6) is 11.5 Å². The number of sulfonamides is 1. The molecule has 1 aromatic heterocycles. The van der Waals surface area contributed by atoms with Gasteiger partial charge in [0.25, 0.3) is 0 Å². The van der Waals surface area contributed by atoms with Gasteiger partial charge in [-0.05, 0) is 35.9 Å². The van der Waals surface area contributed by atoms with Crippen molar-refractivity contribution < 1.29 is 23.0 Å². The fourth-order valence-corrected chi connectivity index (χ4v) is 5.20. The van der Waals surface area contributed by atoms with Crippen LogP contribution in [0.4, 0.5) is 5.13 Å². The molecule has 2 heterocycles. The van der Waals surface area contributed by atoms with Gasteiger partial charge in [0.05, 0.1) is 37.1 Å². The third kappa shape index (κ3) is 4.91. The van der Waals surface area contributed by atoms with Crippen molar-refractivity contribution in [3.63, 3.8) is 0 Å². The Bertz CT molecular complexity index is 1200. The normalized spacial score (nSPS) is 15.2. The van der Waals surface area contributed by atoms with Gasteiger partial charge in [0, 0.05) is 24.0 Å². The highest BCUT2D eigenvalue weighted by atomic mass is 32.2. The van der Waals surface area contributed by atoms with Crippen LogP contribution in [-0.2, 0) is 14.8 Å². The predicted molar refractivity (Wildman–Crippen MR) is 123 cm³/mol. The second-order valence-electron chi connectivity index (χ2n) is 6.88. The molecule has 32 heavy (non-hydrogen) atoms. The van der Waals surface area contributed by atoms with Crippen LogP contribution in [0.3, 0.4) is 0 Å². The zero-order chi connectivity index (χ0) is 22.6. The Labute approximate surface area is 190 Å². The number of nitrogens with zero attached hydrogens (tertiary/aromatic N) is 3. The van der Waals surface area contributed by atoms with Crippen LogP contribution in [-0.4, -0.2) is 62.4 Å². The van der Waals surface area contributed by atoms with Gasteiger partial charge < -0.3 is 14.6 Å². The maximum absolute atomic E-state index is 12.7. The van der Waals surface area contributed by atoms with Gasteiger partial charge >= 0.3 is 0 Å². The van der Waals surface area contributed by atoms with E-state index in [1.807, 2.05) is 5.38 Å². The molecule has 0 amide bonds. The van der Waals surface area contributed by atoms with E-state index in [4.69, 9.17) is 9.47 Å². The summed E-state index contributed by atoms with van der Waals surface area (Å²) >= 11 is 1.38. The number of hydrazone groups is 1. The van der Waals surface area contributed by atoms with Crippen molar-refractivity contribution in [2.24, 2.45) is 5.10 Å². The average Bonchev–Trinajstić information content (AvgIpc) is 3.30. The second-order valence-corrected chi connectivity index (χ2v) is 9.68. The summed E-state index contributed by atoms with van der Waals surface area (Å²) in [6.45, 7) is 1.55. The first-order valence-electron chi connectivity index (χ1n) is 9.77. The van der Waals surface area contributed by atoms with Gasteiger partial charge in [-0.25, -0.2) is 13.4 Å². The SMILES string of the molecule is COc1cc(/C=N/Nc2nc(-c3ccc(S(=O)(=O)N4CCOCC4)cc3)cs2)ccc1O. The van der Waals surface area contributed by atoms with E-state index in [0.29, 0.717) is 42.9 Å². The minimum atomic E-state index is -3.52. The quantitative estimate of drug-likeness (QED) is 0.400. The lowest BCUT2D eigenvalue weighted by atomic mass is 10.2. The zero-order valence-electron chi connectivity index (χ0n) is 17.3. The van der Waals surface area contributed by atoms with Gasteiger partial charge in [0.15, 0.2) is 11.5 Å². The van der Waals surface area contributed by atoms with E-state index >= 15 is 0 Å². The number of phenols is 1. The average molecular weight is 475 g/mol. The predicted octanol–water partition coefficient (Wildman–Crippen LogP) is 2.99. The van der Waals surface area contributed by atoms with E-state index < -0.39 is 10.0 Å². The third-order valence-electron chi connectivity index (χ3n) is 4.84. The smallest absolute Gasteiger partial charge is 0.243 e. The molecule has 4 rings (SSSR count). The second kappa shape index (κ2) is 9.65. The molecule has 0 unspecified atom stereocenters. The number of anilines is 1. The molecule has 0 saturated carbocycles. The number of benzene rings is 2. The first kappa shape index (κ1) is 22.2. The lowest BCUT2D eigenvalue weighted by molar-refractivity contribution is 0.0730. The van der Waals surface area contributed by atoms with E-state index in [1.54, 1.807) is 42.6 Å². The van der Waals surface area contributed by atoms with Gasteiger partial charge in [0.1, 0.15) is 0 Å². The van der Waals surface area contributed by atoms with Crippen molar-refractivity contribution >= 4 is 32.7 Å². The number of phenolic OH excluding ortho intramolecular Hbond substituents is 1. The third-order valence-corrected chi connectivity index (χ3v) is 7.50. The summed E-state index contributed by atoms with van der Waals surface area (Å²) in [5, 5.41) is 16.3. The highest BCUT2D eigenvalue weighted by Gasteiger charge is 2.26. The molecule has 9 nitrogen and oxygen atoms in total. The van der Waals surface area contributed by atoms with Gasteiger partial charge in [-0.2, -0.15) is 9.41 Å². The Morgan fingerprint density at radius 2 is 1.97 bits per heavy atom. The van der Waals surface area contributed by atoms with Crippen molar-refractivity contribution in [3.8, 4) is 22.8 Å². The molecule has 0 atom stereocenters.